The Kier molecular flexibility index (Phi) is 12.3. The number of hydrogen-bond acceptors (Lipinski definition) is 9. The number of aromatic nitrogens is 4. The summed E-state index contributed by atoms with van der Waals surface area (Å²) in [6.07, 6.45) is 3.48. The van der Waals surface area contributed by atoms with Crippen molar-refractivity contribution in [2.24, 2.45) is 5.92 Å². The van der Waals surface area contributed by atoms with Crippen molar-refractivity contribution in [3.63, 3.8) is 0 Å². The highest BCUT2D eigenvalue weighted by Crippen LogP contribution is 2.42. The number of rotatable bonds is 15. The smallest absolute Gasteiger partial charge is 0.236 e. The van der Waals surface area contributed by atoms with E-state index < -0.39 is 16.6 Å². The van der Waals surface area contributed by atoms with E-state index in [-0.39, 0.29) is 33.6 Å². The van der Waals surface area contributed by atoms with E-state index in [0.717, 1.165) is 11.4 Å². The molecule has 1 N–H and O–H groups in total. The molecule has 2 radical (unpaired) electrons. The van der Waals surface area contributed by atoms with Gasteiger partial charge in [-0.1, -0.05) is 75.3 Å². The summed E-state index contributed by atoms with van der Waals surface area (Å²) in [6.45, 7) is 33.2. The van der Waals surface area contributed by atoms with Gasteiger partial charge < -0.3 is 28.1 Å². The van der Waals surface area contributed by atoms with Gasteiger partial charge in [0.1, 0.15) is 31.0 Å². The molecule has 1 aromatic carbocycles. The van der Waals surface area contributed by atoms with Crippen LogP contribution in [0.3, 0.4) is 0 Å². The molecule has 0 unspecified atom stereocenters. The van der Waals surface area contributed by atoms with Crippen LogP contribution >= 0.6 is 0 Å². The average Bonchev–Trinajstić information content (AvgIpc) is 3.58. The van der Waals surface area contributed by atoms with Crippen molar-refractivity contribution in [3.8, 4) is 5.75 Å². The van der Waals surface area contributed by atoms with Crippen LogP contribution in [0.15, 0.2) is 36.9 Å². The van der Waals surface area contributed by atoms with Crippen LogP contribution in [0, 0.1) is 5.92 Å². The topological polar surface area (TPSA) is 102 Å². The maximum absolute atomic E-state index is 6.97. The van der Waals surface area contributed by atoms with Gasteiger partial charge in [-0.25, -0.2) is 15.0 Å². The Hall–Kier alpha value is -2.14. The lowest BCUT2D eigenvalue weighted by atomic mass is 9.99. The lowest BCUT2D eigenvalue weighted by molar-refractivity contribution is -0.0364. The SMILES string of the molecule is CC(C)C(C)(C)[Si]OC[C@H]1O[C@@H](n2cnc3c(Nc4cccc(OCCO[Si](C)(C)C(C)(C)C)c4)ncnc32)C[C@@H]1O[Si](C)(C)C(C)(C)C. The first kappa shape index (κ1) is 39.6. The molecule has 1 fully saturated rings. The quantitative estimate of drug-likeness (QED) is 0.121. The van der Waals surface area contributed by atoms with Crippen LogP contribution in [0.5, 0.6) is 5.75 Å². The maximum atomic E-state index is 6.97. The van der Waals surface area contributed by atoms with Crippen molar-refractivity contribution < 1.29 is 22.8 Å². The molecule has 1 saturated heterocycles. The molecule has 49 heavy (non-hydrogen) atoms. The molecule has 3 heterocycles. The van der Waals surface area contributed by atoms with Gasteiger partial charge in [0, 0.05) is 18.2 Å². The van der Waals surface area contributed by atoms with Gasteiger partial charge in [0.2, 0.25) is 9.76 Å². The van der Waals surface area contributed by atoms with Crippen LogP contribution in [-0.4, -0.2) is 77.9 Å². The molecule has 2 aromatic heterocycles. The fourth-order valence-electron chi connectivity index (χ4n) is 4.76. The second kappa shape index (κ2) is 15.2. The van der Waals surface area contributed by atoms with Gasteiger partial charge in [-0.05, 0) is 59.4 Å². The zero-order chi connectivity index (χ0) is 36.4. The third kappa shape index (κ3) is 9.80. The zero-order valence-electron chi connectivity index (χ0n) is 32.4. The largest absolute Gasteiger partial charge is 0.491 e. The second-order valence-corrected chi connectivity index (χ2v) is 28.6. The highest BCUT2D eigenvalue weighted by molar-refractivity contribution is 6.74. The Morgan fingerprint density at radius 3 is 2.31 bits per heavy atom. The molecule has 13 heteroatoms. The van der Waals surface area contributed by atoms with Crippen molar-refractivity contribution in [2.45, 2.75) is 135 Å². The van der Waals surface area contributed by atoms with Gasteiger partial charge in [-0.2, -0.15) is 0 Å². The molecular formula is C36H61N5O5Si3. The normalized spacial score (nSPS) is 19.6. The molecule has 272 valence electrons. The zero-order valence-corrected chi connectivity index (χ0v) is 35.4. The minimum absolute atomic E-state index is 0.0776. The predicted molar refractivity (Wildman–Crippen MR) is 205 cm³/mol. The Balaban J connectivity index is 1.48. The molecule has 10 nitrogen and oxygen atoms in total. The molecule has 0 amide bonds. The van der Waals surface area contributed by atoms with Gasteiger partial charge in [0.25, 0.3) is 0 Å². The van der Waals surface area contributed by atoms with E-state index in [1.165, 1.54) is 0 Å². The summed E-state index contributed by atoms with van der Waals surface area (Å²) < 4.78 is 34.4. The van der Waals surface area contributed by atoms with Crippen molar-refractivity contribution in [1.82, 2.24) is 19.5 Å². The van der Waals surface area contributed by atoms with Crippen LogP contribution < -0.4 is 10.1 Å². The number of anilines is 2. The summed E-state index contributed by atoms with van der Waals surface area (Å²) in [6, 6.07) is 7.86. The Labute approximate surface area is 299 Å². The molecule has 4 rings (SSSR count). The maximum Gasteiger partial charge on any atom is 0.236 e. The molecular weight excluding hydrogens is 667 g/mol. The van der Waals surface area contributed by atoms with E-state index in [0.29, 0.717) is 58.9 Å². The fraction of sp³-hybridized carbons (Fsp3) is 0.694. The van der Waals surface area contributed by atoms with Gasteiger partial charge >= 0.3 is 0 Å². The fourth-order valence-corrected chi connectivity index (χ4v) is 8.00. The molecule has 3 atom stereocenters. The predicted octanol–water partition coefficient (Wildman–Crippen LogP) is 9.14. The minimum atomic E-state index is -2.07. The number of benzene rings is 1. The van der Waals surface area contributed by atoms with Crippen LogP contribution in [-0.2, 0) is 18.0 Å². The summed E-state index contributed by atoms with van der Waals surface area (Å²) in [5.41, 5.74) is 2.22. The number of nitrogens with one attached hydrogen (secondary N) is 1. The number of ether oxygens (including phenoxy) is 2. The van der Waals surface area contributed by atoms with E-state index in [1.807, 2.05) is 28.8 Å². The highest BCUT2D eigenvalue weighted by atomic mass is 28.4. The van der Waals surface area contributed by atoms with Crippen molar-refractivity contribution >= 4 is 49.1 Å². The number of imidazole rings is 1. The third-order valence-corrected chi connectivity index (χ3v) is 21.3. The summed E-state index contributed by atoms with van der Waals surface area (Å²) in [4.78, 5) is 13.9. The van der Waals surface area contributed by atoms with Crippen LogP contribution in [0.25, 0.3) is 11.2 Å². The van der Waals surface area contributed by atoms with Gasteiger partial charge in [-0.3, -0.25) is 4.57 Å². The molecule has 0 bridgehead atoms. The van der Waals surface area contributed by atoms with E-state index in [1.54, 1.807) is 12.7 Å². The van der Waals surface area contributed by atoms with Crippen LogP contribution in [0.1, 0.15) is 81.9 Å². The van der Waals surface area contributed by atoms with Gasteiger partial charge in [0.15, 0.2) is 33.6 Å². The van der Waals surface area contributed by atoms with E-state index >= 15 is 0 Å². The monoisotopic (exact) mass is 727 g/mol. The van der Waals surface area contributed by atoms with Crippen molar-refractivity contribution in [1.29, 1.82) is 0 Å². The van der Waals surface area contributed by atoms with E-state index in [9.17, 15) is 0 Å². The highest BCUT2D eigenvalue weighted by Gasteiger charge is 2.45. The first-order chi connectivity index (χ1) is 22.6. The number of nitrogens with zero attached hydrogens (tertiary/aromatic N) is 4. The summed E-state index contributed by atoms with van der Waals surface area (Å²) in [7, 11) is -3.51. The van der Waals surface area contributed by atoms with Crippen LogP contribution in [0.4, 0.5) is 11.5 Å². The summed E-state index contributed by atoms with van der Waals surface area (Å²) in [5.74, 6) is 1.90. The summed E-state index contributed by atoms with van der Waals surface area (Å²) in [5, 5.41) is 3.77. The molecule has 0 aliphatic carbocycles. The number of hydrogen-bond donors (Lipinski definition) is 1. The first-order valence-electron chi connectivity index (χ1n) is 17.6. The molecule has 0 saturated carbocycles. The standard InChI is InChI=1S/C36H61N5O5Si3/c1-25(2)36(9,10)47-43-22-29-28(46-49(13,14)35(6,7)8)21-30(45-29)41-24-39-31-32(37-23-38-33(31)41)40-26-16-15-17-27(20-26)42-18-19-44-48(11,12)34(3,4)5/h15-17,20,23-25,28-30H,18-19,21-22H2,1-14H3,(H,37,38,40)/t28-,29+,30+/m0/s1. The Morgan fingerprint density at radius 1 is 0.959 bits per heavy atom. The second-order valence-electron chi connectivity index (χ2n) is 17.2. The van der Waals surface area contributed by atoms with Crippen molar-refractivity contribution in [3.05, 3.63) is 36.9 Å². The lowest BCUT2D eigenvalue weighted by Crippen LogP contribution is -2.46. The minimum Gasteiger partial charge on any atom is -0.491 e. The van der Waals surface area contributed by atoms with Crippen molar-refractivity contribution in [2.75, 3.05) is 25.1 Å². The van der Waals surface area contributed by atoms with Gasteiger partial charge in [-0.15, -0.1) is 0 Å². The third-order valence-electron chi connectivity index (χ3n) is 10.8. The summed E-state index contributed by atoms with van der Waals surface area (Å²) >= 11 is 0. The molecule has 0 spiro atoms. The molecule has 3 aromatic rings. The van der Waals surface area contributed by atoms with E-state index in [2.05, 4.69) is 111 Å². The number of fused-ring (bicyclic) bond motifs is 1. The molecule has 1 aliphatic rings. The lowest BCUT2D eigenvalue weighted by Gasteiger charge is -2.39. The molecule has 1 aliphatic heterocycles. The van der Waals surface area contributed by atoms with Gasteiger partial charge in [0.05, 0.1) is 25.6 Å². The Bertz CT molecular complexity index is 1530. The Morgan fingerprint density at radius 2 is 1.65 bits per heavy atom. The van der Waals surface area contributed by atoms with E-state index in [4.69, 9.17) is 27.7 Å². The average molecular weight is 728 g/mol. The first-order valence-corrected chi connectivity index (χ1v) is 24.4. The van der Waals surface area contributed by atoms with Crippen LogP contribution in [0.2, 0.25) is 41.3 Å².